The molecule has 1 rings (SSSR count). The molecule has 0 radical (unpaired) electrons. The van der Waals surface area contributed by atoms with Gasteiger partial charge in [0.1, 0.15) is 0 Å². The summed E-state index contributed by atoms with van der Waals surface area (Å²) in [5, 5.41) is 2.12. The topological polar surface area (TPSA) is 15.8 Å². The first kappa shape index (κ1) is 6.87. The van der Waals surface area contributed by atoms with E-state index in [9.17, 15) is 0 Å². The van der Waals surface area contributed by atoms with E-state index >= 15 is 0 Å². The van der Waals surface area contributed by atoms with Crippen LogP contribution in [0, 0.1) is 0 Å². The second-order valence-electron chi connectivity index (χ2n) is 2.11. The fourth-order valence-corrected chi connectivity index (χ4v) is 0.762. The van der Waals surface area contributed by atoms with E-state index in [-0.39, 0.29) is 0 Å². The molecule has 1 N–H and O–H groups in total. The summed E-state index contributed by atoms with van der Waals surface area (Å²) in [6.07, 6.45) is 7.86. The van der Waals surface area contributed by atoms with Crippen molar-refractivity contribution in [3.05, 3.63) is 35.0 Å². The van der Waals surface area contributed by atoms with Gasteiger partial charge in [-0.05, 0) is 24.3 Å². The van der Waals surface area contributed by atoms with Crippen LogP contribution in [-0.4, -0.2) is 4.98 Å². The average molecular weight is 133 g/mol. The molecule has 0 bridgehead atoms. The highest BCUT2D eigenvalue weighted by molar-refractivity contribution is 5.34. The molecule has 1 aromatic rings. The number of nitrogens with one attached hydrogen (secondary N) is 1. The minimum Gasteiger partial charge on any atom is -0.361 e. The number of aromatic nitrogens is 1. The molecule has 1 heterocycles. The SMILES string of the molecule is C=c1cc[nH]/c1=C/C=C\C. The van der Waals surface area contributed by atoms with Crippen molar-refractivity contribution >= 4 is 12.7 Å². The van der Waals surface area contributed by atoms with Gasteiger partial charge in [0.2, 0.25) is 0 Å². The van der Waals surface area contributed by atoms with Crippen LogP contribution < -0.4 is 10.6 Å². The largest absolute Gasteiger partial charge is 0.361 e. The number of rotatable bonds is 1. The first-order chi connectivity index (χ1) is 4.84. The molecule has 1 heteroatoms. The van der Waals surface area contributed by atoms with Gasteiger partial charge >= 0.3 is 0 Å². The van der Waals surface area contributed by atoms with Crippen molar-refractivity contribution < 1.29 is 0 Å². The molecule has 0 fully saturated rings. The Balaban J connectivity index is 3.16. The third kappa shape index (κ3) is 1.38. The normalized spacial score (nSPS) is 13.1. The van der Waals surface area contributed by atoms with Crippen LogP contribution in [0.3, 0.4) is 0 Å². The van der Waals surface area contributed by atoms with E-state index in [1.165, 1.54) is 0 Å². The lowest BCUT2D eigenvalue weighted by atomic mass is 10.4. The molecule has 0 aliphatic rings. The molecule has 0 atom stereocenters. The van der Waals surface area contributed by atoms with Crippen molar-refractivity contribution in [1.29, 1.82) is 0 Å². The van der Waals surface area contributed by atoms with Crippen molar-refractivity contribution in [1.82, 2.24) is 4.98 Å². The van der Waals surface area contributed by atoms with Gasteiger partial charge in [0.05, 0.1) is 0 Å². The lowest BCUT2D eigenvalue weighted by molar-refractivity contribution is 1.32. The summed E-state index contributed by atoms with van der Waals surface area (Å²) in [6, 6.07) is 1.95. The number of H-pyrrole nitrogens is 1. The van der Waals surface area contributed by atoms with Crippen LogP contribution in [-0.2, 0) is 0 Å². The third-order valence-corrected chi connectivity index (χ3v) is 1.32. The van der Waals surface area contributed by atoms with Gasteiger partial charge in [-0.15, -0.1) is 0 Å². The number of hydrogen-bond donors (Lipinski definition) is 1. The van der Waals surface area contributed by atoms with Crippen LogP contribution >= 0.6 is 0 Å². The van der Waals surface area contributed by atoms with Gasteiger partial charge in [-0.25, -0.2) is 0 Å². The molecular weight excluding hydrogens is 122 g/mol. The maximum absolute atomic E-state index is 3.84. The molecule has 0 aliphatic heterocycles. The molecule has 0 amide bonds. The van der Waals surface area contributed by atoms with E-state index < -0.39 is 0 Å². The molecule has 10 heavy (non-hydrogen) atoms. The minimum atomic E-state index is 1.04. The Morgan fingerprint density at radius 3 is 2.90 bits per heavy atom. The van der Waals surface area contributed by atoms with Crippen molar-refractivity contribution in [3.63, 3.8) is 0 Å². The van der Waals surface area contributed by atoms with Gasteiger partial charge in [-0.3, -0.25) is 0 Å². The predicted octanol–water partition coefficient (Wildman–Crippen LogP) is 0.782. The van der Waals surface area contributed by atoms with Gasteiger partial charge < -0.3 is 4.98 Å². The summed E-state index contributed by atoms with van der Waals surface area (Å²) in [4.78, 5) is 3.07. The molecule has 0 aliphatic carbocycles. The zero-order valence-corrected chi connectivity index (χ0v) is 6.09. The van der Waals surface area contributed by atoms with Gasteiger partial charge in [0.15, 0.2) is 0 Å². The fraction of sp³-hybridized carbons (Fsp3) is 0.111. The van der Waals surface area contributed by atoms with Gasteiger partial charge in [0, 0.05) is 11.5 Å². The first-order valence-electron chi connectivity index (χ1n) is 3.30. The zero-order valence-electron chi connectivity index (χ0n) is 6.09. The molecule has 0 saturated carbocycles. The van der Waals surface area contributed by atoms with Gasteiger partial charge in [-0.1, -0.05) is 18.7 Å². The molecule has 0 unspecified atom stereocenters. The quantitative estimate of drug-likeness (QED) is 0.582. The van der Waals surface area contributed by atoms with Crippen molar-refractivity contribution in [2.75, 3.05) is 0 Å². The van der Waals surface area contributed by atoms with E-state index in [2.05, 4.69) is 11.6 Å². The lowest BCUT2D eigenvalue weighted by Crippen LogP contribution is -2.19. The average Bonchev–Trinajstić information content (AvgIpc) is 2.31. The smallest absolute Gasteiger partial charge is 0.0447 e. The molecule has 0 spiro atoms. The molecule has 0 saturated heterocycles. The predicted molar refractivity (Wildman–Crippen MR) is 44.8 cm³/mol. The molecule has 1 aromatic heterocycles. The highest BCUT2D eigenvalue weighted by atomic mass is 14.6. The van der Waals surface area contributed by atoms with Crippen molar-refractivity contribution in [2.24, 2.45) is 0 Å². The zero-order chi connectivity index (χ0) is 7.40. The van der Waals surface area contributed by atoms with E-state index in [0.717, 1.165) is 10.6 Å². The molecule has 52 valence electrons. The lowest BCUT2D eigenvalue weighted by Gasteiger charge is -1.73. The van der Waals surface area contributed by atoms with E-state index in [0.29, 0.717) is 0 Å². The van der Waals surface area contributed by atoms with Crippen LogP contribution in [0.2, 0.25) is 0 Å². The third-order valence-electron chi connectivity index (χ3n) is 1.32. The van der Waals surface area contributed by atoms with E-state index in [4.69, 9.17) is 0 Å². The van der Waals surface area contributed by atoms with Crippen LogP contribution in [0.1, 0.15) is 6.92 Å². The molecule has 1 nitrogen and oxygen atoms in total. The fourth-order valence-electron chi connectivity index (χ4n) is 0.762. The number of allylic oxidation sites excluding steroid dienone is 2. The van der Waals surface area contributed by atoms with Crippen molar-refractivity contribution in [3.8, 4) is 0 Å². The highest BCUT2D eigenvalue weighted by Gasteiger charge is 1.77. The second kappa shape index (κ2) is 3.06. The Hall–Kier alpha value is -1.24. The Labute approximate surface area is 60.4 Å². The molecular formula is C9H11N. The molecule has 0 aromatic carbocycles. The summed E-state index contributed by atoms with van der Waals surface area (Å²) < 4.78 is 0. The Morgan fingerprint density at radius 1 is 1.60 bits per heavy atom. The number of aromatic amines is 1. The van der Waals surface area contributed by atoms with Gasteiger partial charge in [0.25, 0.3) is 0 Å². The van der Waals surface area contributed by atoms with E-state index in [1.807, 2.05) is 37.4 Å². The summed E-state index contributed by atoms with van der Waals surface area (Å²) in [5.74, 6) is 0. The summed E-state index contributed by atoms with van der Waals surface area (Å²) in [6.45, 7) is 5.83. The highest BCUT2D eigenvalue weighted by Crippen LogP contribution is 1.69. The summed E-state index contributed by atoms with van der Waals surface area (Å²) in [5.41, 5.74) is 0. The van der Waals surface area contributed by atoms with Crippen molar-refractivity contribution in [2.45, 2.75) is 6.92 Å². The second-order valence-corrected chi connectivity index (χ2v) is 2.11. The van der Waals surface area contributed by atoms with E-state index in [1.54, 1.807) is 0 Å². The van der Waals surface area contributed by atoms with Crippen LogP contribution in [0.4, 0.5) is 0 Å². The Kier molecular flexibility index (Phi) is 2.11. The maximum Gasteiger partial charge on any atom is 0.0447 e. The number of hydrogen-bond acceptors (Lipinski definition) is 0. The van der Waals surface area contributed by atoms with Crippen LogP contribution in [0.5, 0.6) is 0 Å². The van der Waals surface area contributed by atoms with Crippen LogP contribution in [0.25, 0.3) is 12.7 Å². The van der Waals surface area contributed by atoms with Crippen LogP contribution in [0.15, 0.2) is 24.4 Å². The maximum atomic E-state index is 3.84. The minimum absolute atomic E-state index is 1.04. The van der Waals surface area contributed by atoms with Gasteiger partial charge in [-0.2, -0.15) is 0 Å². The summed E-state index contributed by atoms with van der Waals surface area (Å²) in [7, 11) is 0. The monoisotopic (exact) mass is 133 g/mol. The standard InChI is InChI=1S/C9H11N/c1-3-4-5-9-8(2)6-7-10-9/h3-7,10H,2H2,1H3/b4-3-,9-5+. The Morgan fingerprint density at radius 2 is 2.40 bits per heavy atom. The first-order valence-corrected chi connectivity index (χ1v) is 3.30. The Bertz CT molecular complexity index is 317. The summed E-state index contributed by atoms with van der Waals surface area (Å²) >= 11 is 0.